The average molecular weight is 339 g/mol. The van der Waals surface area contributed by atoms with Gasteiger partial charge in [-0.25, -0.2) is 13.1 Å². The van der Waals surface area contributed by atoms with Gasteiger partial charge in [-0.05, 0) is 38.3 Å². The van der Waals surface area contributed by atoms with Crippen LogP contribution < -0.4 is 4.72 Å². The van der Waals surface area contributed by atoms with Crippen molar-refractivity contribution >= 4 is 10.0 Å². The minimum absolute atomic E-state index is 0.0791. The van der Waals surface area contributed by atoms with Crippen molar-refractivity contribution in [1.29, 1.82) is 0 Å². The topological polar surface area (TPSA) is 71.5 Å². The maximum atomic E-state index is 11.8. The third-order valence-electron chi connectivity index (χ3n) is 4.29. The van der Waals surface area contributed by atoms with Crippen LogP contribution in [0.3, 0.4) is 0 Å². The number of rotatable bonds is 7. The summed E-state index contributed by atoms with van der Waals surface area (Å²) in [6, 6.07) is 6.07. The molecule has 0 bridgehead atoms. The summed E-state index contributed by atoms with van der Waals surface area (Å²) in [5, 5.41) is -0.154. The molecule has 1 aliphatic carbocycles. The van der Waals surface area contributed by atoms with Gasteiger partial charge in [-0.1, -0.05) is 6.07 Å². The fourth-order valence-corrected chi connectivity index (χ4v) is 4.27. The molecular weight excluding hydrogens is 314 g/mol. The van der Waals surface area contributed by atoms with Crippen LogP contribution in [0.1, 0.15) is 30.7 Å². The van der Waals surface area contributed by atoms with Gasteiger partial charge in [0, 0.05) is 31.9 Å². The number of sulfonamides is 1. The average Bonchev–Trinajstić information content (AvgIpc) is 3.32. The molecule has 1 saturated carbocycles. The summed E-state index contributed by atoms with van der Waals surface area (Å²) in [5.74, 6) is 0. The van der Waals surface area contributed by atoms with E-state index in [1.807, 2.05) is 25.1 Å². The van der Waals surface area contributed by atoms with Crippen LogP contribution in [-0.4, -0.2) is 55.9 Å². The number of aryl methyl sites for hydroxylation is 1. The van der Waals surface area contributed by atoms with Crippen LogP contribution >= 0.6 is 0 Å². The first-order valence-corrected chi connectivity index (χ1v) is 9.82. The van der Waals surface area contributed by atoms with Crippen LogP contribution in [0.25, 0.3) is 0 Å². The molecule has 23 heavy (non-hydrogen) atoms. The second kappa shape index (κ2) is 7.25. The molecule has 0 unspecified atom stereocenters. The SMILES string of the molecule is Cc1cccc(CN2CCO[C@H](CCNS(=O)(=O)C3CC3)C2)n1. The van der Waals surface area contributed by atoms with Gasteiger partial charge in [0.15, 0.2) is 0 Å². The molecule has 2 fully saturated rings. The molecule has 1 saturated heterocycles. The summed E-state index contributed by atoms with van der Waals surface area (Å²) in [4.78, 5) is 6.86. The maximum Gasteiger partial charge on any atom is 0.214 e. The first-order chi connectivity index (χ1) is 11.0. The van der Waals surface area contributed by atoms with Crippen molar-refractivity contribution in [2.75, 3.05) is 26.2 Å². The van der Waals surface area contributed by atoms with Crippen molar-refractivity contribution < 1.29 is 13.2 Å². The van der Waals surface area contributed by atoms with E-state index in [9.17, 15) is 8.42 Å². The highest BCUT2D eigenvalue weighted by Gasteiger charge is 2.35. The van der Waals surface area contributed by atoms with Crippen molar-refractivity contribution in [1.82, 2.24) is 14.6 Å². The molecular formula is C16H25N3O3S. The van der Waals surface area contributed by atoms with Gasteiger partial charge in [-0.3, -0.25) is 9.88 Å². The molecule has 128 valence electrons. The second-order valence-electron chi connectivity index (χ2n) is 6.43. The van der Waals surface area contributed by atoms with Crippen LogP contribution in [0.4, 0.5) is 0 Å². The minimum Gasteiger partial charge on any atom is -0.376 e. The lowest BCUT2D eigenvalue weighted by atomic mass is 10.2. The molecule has 6 nitrogen and oxygen atoms in total. The van der Waals surface area contributed by atoms with Crippen molar-refractivity contribution in [3.8, 4) is 0 Å². The molecule has 0 aromatic carbocycles. The summed E-state index contributed by atoms with van der Waals surface area (Å²) < 4.78 is 32.1. The molecule has 3 rings (SSSR count). The third-order valence-corrected chi connectivity index (χ3v) is 6.24. The largest absolute Gasteiger partial charge is 0.376 e. The van der Waals surface area contributed by atoms with Crippen molar-refractivity contribution in [3.05, 3.63) is 29.6 Å². The fraction of sp³-hybridized carbons (Fsp3) is 0.688. The van der Waals surface area contributed by atoms with Crippen molar-refractivity contribution in [2.45, 2.75) is 44.1 Å². The predicted molar refractivity (Wildman–Crippen MR) is 88.6 cm³/mol. The second-order valence-corrected chi connectivity index (χ2v) is 8.47. The zero-order valence-electron chi connectivity index (χ0n) is 13.6. The van der Waals surface area contributed by atoms with E-state index in [0.717, 1.165) is 43.9 Å². The van der Waals surface area contributed by atoms with Gasteiger partial charge >= 0.3 is 0 Å². The van der Waals surface area contributed by atoms with E-state index in [4.69, 9.17) is 4.74 Å². The van der Waals surface area contributed by atoms with E-state index in [0.29, 0.717) is 19.6 Å². The Balaban J connectivity index is 1.44. The van der Waals surface area contributed by atoms with Gasteiger partial charge in [-0.15, -0.1) is 0 Å². The molecule has 0 radical (unpaired) electrons. The third kappa shape index (κ3) is 4.97. The molecule has 0 spiro atoms. The summed E-state index contributed by atoms with van der Waals surface area (Å²) >= 11 is 0. The number of aromatic nitrogens is 1. The standard InChI is InChI=1S/C16H25N3O3S/c1-13-3-2-4-14(18-13)11-19-9-10-22-15(12-19)7-8-17-23(20,21)16-5-6-16/h2-4,15-17H,5-12H2,1H3/t15-/m1/s1. The zero-order chi connectivity index (χ0) is 16.3. The van der Waals surface area contributed by atoms with Crippen molar-refractivity contribution in [2.24, 2.45) is 0 Å². The van der Waals surface area contributed by atoms with E-state index in [2.05, 4.69) is 14.6 Å². The Kier molecular flexibility index (Phi) is 5.31. The number of hydrogen-bond acceptors (Lipinski definition) is 5. The number of morpholine rings is 1. The highest BCUT2D eigenvalue weighted by atomic mass is 32.2. The summed E-state index contributed by atoms with van der Waals surface area (Å²) in [6.07, 6.45) is 2.39. The molecule has 1 atom stereocenters. The Bertz CT molecular complexity index is 631. The lowest BCUT2D eigenvalue weighted by Gasteiger charge is -2.32. The maximum absolute atomic E-state index is 11.8. The van der Waals surface area contributed by atoms with Crippen LogP contribution in [0.2, 0.25) is 0 Å². The van der Waals surface area contributed by atoms with E-state index < -0.39 is 10.0 Å². The first-order valence-electron chi connectivity index (χ1n) is 8.28. The number of pyridine rings is 1. The normalized spacial score (nSPS) is 23.1. The van der Waals surface area contributed by atoms with Gasteiger partial charge in [0.05, 0.1) is 23.7 Å². The molecule has 1 aromatic rings. The minimum atomic E-state index is -3.08. The Morgan fingerprint density at radius 1 is 1.39 bits per heavy atom. The van der Waals surface area contributed by atoms with Crippen LogP contribution in [0, 0.1) is 6.92 Å². The van der Waals surface area contributed by atoms with Gasteiger partial charge < -0.3 is 4.74 Å². The quantitative estimate of drug-likeness (QED) is 0.804. The molecule has 2 aliphatic rings. The zero-order valence-corrected chi connectivity index (χ0v) is 14.4. The fourth-order valence-electron chi connectivity index (χ4n) is 2.87. The van der Waals surface area contributed by atoms with Gasteiger partial charge in [0.2, 0.25) is 10.0 Å². The molecule has 2 heterocycles. The van der Waals surface area contributed by atoms with E-state index in [1.165, 1.54) is 0 Å². The summed E-state index contributed by atoms with van der Waals surface area (Å²) in [7, 11) is -3.08. The molecule has 7 heteroatoms. The van der Waals surface area contributed by atoms with Crippen LogP contribution in [0.5, 0.6) is 0 Å². The van der Waals surface area contributed by atoms with Gasteiger partial charge in [0.25, 0.3) is 0 Å². The molecule has 1 aromatic heterocycles. The molecule has 1 N–H and O–H groups in total. The molecule has 1 aliphatic heterocycles. The Hall–Kier alpha value is -1.02. The number of nitrogens with one attached hydrogen (secondary N) is 1. The Morgan fingerprint density at radius 2 is 2.22 bits per heavy atom. The highest BCUT2D eigenvalue weighted by molar-refractivity contribution is 7.90. The van der Waals surface area contributed by atoms with Crippen molar-refractivity contribution in [3.63, 3.8) is 0 Å². The number of ether oxygens (including phenoxy) is 1. The summed E-state index contributed by atoms with van der Waals surface area (Å²) in [6.45, 7) is 5.67. The first kappa shape index (κ1) is 16.8. The van der Waals surface area contributed by atoms with E-state index in [1.54, 1.807) is 0 Å². The monoisotopic (exact) mass is 339 g/mol. The Labute approximate surface area is 138 Å². The number of hydrogen-bond donors (Lipinski definition) is 1. The Morgan fingerprint density at radius 3 is 2.96 bits per heavy atom. The predicted octanol–water partition coefficient (Wildman–Crippen LogP) is 1.06. The summed E-state index contributed by atoms with van der Waals surface area (Å²) in [5.41, 5.74) is 2.10. The van der Waals surface area contributed by atoms with Crippen LogP contribution in [-0.2, 0) is 21.3 Å². The highest BCUT2D eigenvalue weighted by Crippen LogP contribution is 2.27. The smallest absolute Gasteiger partial charge is 0.214 e. The van der Waals surface area contributed by atoms with Crippen LogP contribution in [0.15, 0.2) is 18.2 Å². The lowest BCUT2D eigenvalue weighted by Crippen LogP contribution is -2.43. The van der Waals surface area contributed by atoms with Gasteiger partial charge in [-0.2, -0.15) is 0 Å². The number of nitrogens with zero attached hydrogens (tertiary/aromatic N) is 2. The van der Waals surface area contributed by atoms with Gasteiger partial charge in [0.1, 0.15) is 0 Å². The van der Waals surface area contributed by atoms with E-state index in [-0.39, 0.29) is 11.4 Å². The molecule has 0 amide bonds. The lowest BCUT2D eigenvalue weighted by molar-refractivity contribution is -0.0342. The van der Waals surface area contributed by atoms with E-state index >= 15 is 0 Å².